The number of halogens is 1. The maximum Gasteiger partial charge on any atom is 0.306 e. The molecule has 6 nitrogen and oxygen atoms in total. The van der Waals surface area contributed by atoms with E-state index in [4.69, 9.17) is 0 Å². The standard InChI is InChI=1S/C14H17FN4O2/c1-10(2)8-16-9-11-5-6-18(17-11)12-3-4-13(15)14(7-12)19(20)21/h3-7,10,16H,8-9H2,1-2H3. The van der Waals surface area contributed by atoms with Crippen molar-refractivity contribution in [2.45, 2.75) is 20.4 Å². The van der Waals surface area contributed by atoms with Crippen LogP contribution in [0.15, 0.2) is 30.5 Å². The first-order chi connectivity index (χ1) is 9.97. The Balaban J connectivity index is 2.14. The molecule has 0 radical (unpaired) electrons. The first kappa shape index (κ1) is 15.1. The highest BCUT2D eigenvalue weighted by atomic mass is 19.1. The highest BCUT2D eigenvalue weighted by Crippen LogP contribution is 2.20. The maximum absolute atomic E-state index is 13.3. The van der Waals surface area contributed by atoms with Gasteiger partial charge in [0.05, 0.1) is 16.3 Å². The van der Waals surface area contributed by atoms with E-state index in [1.54, 1.807) is 6.20 Å². The van der Waals surface area contributed by atoms with Gasteiger partial charge >= 0.3 is 5.69 Å². The van der Waals surface area contributed by atoms with Crippen molar-refractivity contribution in [3.8, 4) is 5.69 Å². The number of nitrogens with one attached hydrogen (secondary N) is 1. The zero-order valence-corrected chi connectivity index (χ0v) is 11.9. The lowest BCUT2D eigenvalue weighted by Crippen LogP contribution is -2.19. The second-order valence-electron chi connectivity index (χ2n) is 5.17. The van der Waals surface area contributed by atoms with Crippen LogP contribution in [0.5, 0.6) is 0 Å². The predicted molar refractivity (Wildman–Crippen MR) is 76.7 cm³/mol. The number of nitrogens with zero attached hydrogens (tertiary/aromatic N) is 3. The molecule has 0 saturated carbocycles. The highest BCUT2D eigenvalue weighted by molar-refractivity contribution is 5.43. The Morgan fingerprint density at radius 2 is 2.19 bits per heavy atom. The van der Waals surface area contributed by atoms with Crippen LogP contribution in [-0.2, 0) is 6.54 Å². The summed E-state index contributed by atoms with van der Waals surface area (Å²) in [6, 6.07) is 5.53. The molecule has 2 aromatic rings. The van der Waals surface area contributed by atoms with Crippen molar-refractivity contribution in [3.63, 3.8) is 0 Å². The molecule has 0 amide bonds. The molecule has 1 heterocycles. The first-order valence-electron chi connectivity index (χ1n) is 6.67. The van der Waals surface area contributed by atoms with Crippen LogP contribution in [0, 0.1) is 21.8 Å². The molecule has 112 valence electrons. The predicted octanol–water partition coefficient (Wildman–Crippen LogP) is 2.67. The Morgan fingerprint density at radius 3 is 2.86 bits per heavy atom. The minimum atomic E-state index is -0.852. The van der Waals surface area contributed by atoms with Gasteiger partial charge in [0.15, 0.2) is 0 Å². The van der Waals surface area contributed by atoms with Gasteiger partial charge in [-0.1, -0.05) is 13.8 Å². The van der Waals surface area contributed by atoms with Gasteiger partial charge in [-0.3, -0.25) is 10.1 Å². The third-order valence-corrected chi connectivity index (χ3v) is 2.89. The Kier molecular flexibility index (Phi) is 4.64. The van der Waals surface area contributed by atoms with Crippen molar-refractivity contribution in [2.24, 2.45) is 5.92 Å². The van der Waals surface area contributed by atoms with E-state index in [1.807, 2.05) is 6.07 Å². The lowest BCUT2D eigenvalue weighted by molar-refractivity contribution is -0.387. The summed E-state index contributed by atoms with van der Waals surface area (Å²) in [5, 5.41) is 18.3. The normalized spacial score (nSPS) is 11.0. The first-order valence-corrected chi connectivity index (χ1v) is 6.67. The molecular weight excluding hydrogens is 275 g/mol. The SMILES string of the molecule is CC(C)CNCc1ccn(-c2ccc(F)c([N+](=O)[O-])c2)n1. The fourth-order valence-corrected chi connectivity index (χ4v) is 1.87. The van der Waals surface area contributed by atoms with E-state index in [0.717, 1.165) is 18.3 Å². The summed E-state index contributed by atoms with van der Waals surface area (Å²) in [6.45, 7) is 5.73. The minimum Gasteiger partial charge on any atom is -0.311 e. The number of hydrogen-bond donors (Lipinski definition) is 1. The van der Waals surface area contributed by atoms with Gasteiger partial charge in [0.1, 0.15) is 0 Å². The van der Waals surface area contributed by atoms with Crippen LogP contribution in [0.1, 0.15) is 19.5 Å². The van der Waals surface area contributed by atoms with Gasteiger partial charge in [0.25, 0.3) is 0 Å². The van der Waals surface area contributed by atoms with Crippen molar-refractivity contribution in [1.82, 2.24) is 15.1 Å². The molecular formula is C14H17FN4O2. The van der Waals surface area contributed by atoms with E-state index in [-0.39, 0.29) is 0 Å². The lowest BCUT2D eigenvalue weighted by atomic mass is 10.2. The maximum atomic E-state index is 13.3. The van der Waals surface area contributed by atoms with Crippen molar-refractivity contribution in [1.29, 1.82) is 0 Å². The molecule has 0 atom stereocenters. The molecule has 2 rings (SSSR count). The van der Waals surface area contributed by atoms with E-state index in [2.05, 4.69) is 24.3 Å². The van der Waals surface area contributed by atoms with Crippen LogP contribution in [0.2, 0.25) is 0 Å². The summed E-state index contributed by atoms with van der Waals surface area (Å²) in [4.78, 5) is 10.00. The van der Waals surface area contributed by atoms with E-state index in [1.165, 1.54) is 16.8 Å². The lowest BCUT2D eigenvalue weighted by Gasteiger charge is -2.05. The summed E-state index contributed by atoms with van der Waals surface area (Å²) in [5.74, 6) is -0.304. The number of hydrogen-bond acceptors (Lipinski definition) is 4. The third kappa shape index (κ3) is 3.85. The average molecular weight is 292 g/mol. The summed E-state index contributed by atoms with van der Waals surface area (Å²) in [7, 11) is 0. The van der Waals surface area contributed by atoms with Crippen LogP contribution >= 0.6 is 0 Å². The Labute approximate surface area is 121 Å². The van der Waals surface area contributed by atoms with Crippen molar-refractivity contribution < 1.29 is 9.31 Å². The van der Waals surface area contributed by atoms with Gasteiger partial charge in [0, 0.05) is 18.8 Å². The van der Waals surface area contributed by atoms with E-state index in [0.29, 0.717) is 18.2 Å². The molecule has 1 aromatic carbocycles. The number of nitro benzene ring substituents is 1. The molecule has 0 saturated heterocycles. The van der Waals surface area contributed by atoms with Crippen LogP contribution in [0.4, 0.5) is 10.1 Å². The fraction of sp³-hybridized carbons (Fsp3) is 0.357. The summed E-state index contributed by atoms with van der Waals surface area (Å²) in [5.41, 5.74) is 0.725. The zero-order chi connectivity index (χ0) is 15.4. The van der Waals surface area contributed by atoms with E-state index < -0.39 is 16.4 Å². The average Bonchev–Trinajstić information content (AvgIpc) is 2.87. The van der Waals surface area contributed by atoms with Gasteiger partial charge in [-0.05, 0) is 30.7 Å². The molecule has 21 heavy (non-hydrogen) atoms. The summed E-state index contributed by atoms with van der Waals surface area (Å²) >= 11 is 0. The third-order valence-electron chi connectivity index (χ3n) is 2.89. The Bertz CT molecular complexity index is 640. The minimum absolute atomic E-state index is 0.457. The van der Waals surface area contributed by atoms with Gasteiger partial charge in [-0.25, -0.2) is 4.68 Å². The smallest absolute Gasteiger partial charge is 0.306 e. The molecule has 0 bridgehead atoms. The second-order valence-corrected chi connectivity index (χ2v) is 5.17. The van der Waals surface area contributed by atoms with Gasteiger partial charge in [-0.15, -0.1) is 0 Å². The molecule has 1 N–H and O–H groups in total. The zero-order valence-electron chi connectivity index (χ0n) is 11.9. The topological polar surface area (TPSA) is 73.0 Å². The van der Waals surface area contributed by atoms with Crippen LogP contribution in [0.3, 0.4) is 0 Å². The van der Waals surface area contributed by atoms with Crippen molar-refractivity contribution in [3.05, 3.63) is 52.1 Å². The molecule has 0 fully saturated rings. The highest BCUT2D eigenvalue weighted by Gasteiger charge is 2.15. The Morgan fingerprint density at radius 1 is 1.43 bits per heavy atom. The molecule has 1 aromatic heterocycles. The largest absolute Gasteiger partial charge is 0.311 e. The van der Waals surface area contributed by atoms with E-state index in [9.17, 15) is 14.5 Å². The second kappa shape index (κ2) is 6.45. The summed E-state index contributed by atoms with van der Waals surface area (Å²) in [6.07, 6.45) is 1.70. The number of nitro groups is 1. The van der Waals surface area contributed by atoms with Crippen LogP contribution in [-0.4, -0.2) is 21.2 Å². The molecule has 0 spiro atoms. The van der Waals surface area contributed by atoms with E-state index >= 15 is 0 Å². The molecule has 0 aliphatic rings. The van der Waals surface area contributed by atoms with Gasteiger partial charge < -0.3 is 5.32 Å². The monoisotopic (exact) mass is 292 g/mol. The number of benzene rings is 1. The van der Waals surface area contributed by atoms with Crippen molar-refractivity contribution >= 4 is 5.69 Å². The van der Waals surface area contributed by atoms with Crippen LogP contribution in [0.25, 0.3) is 5.69 Å². The van der Waals surface area contributed by atoms with Crippen LogP contribution < -0.4 is 5.32 Å². The quantitative estimate of drug-likeness (QED) is 0.656. The molecule has 0 aliphatic heterocycles. The fourth-order valence-electron chi connectivity index (χ4n) is 1.87. The van der Waals surface area contributed by atoms with Gasteiger partial charge in [-0.2, -0.15) is 9.49 Å². The molecule has 7 heteroatoms. The number of rotatable bonds is 6. The summed E-state index contributed by atoms with van der Waals surface area (Å²) < 4.78 is 14.8. The molecule has 0 aliphatic carbocycles. The van der Waals surface area contributed by atoms with Crippen molar-refractivity contribution in [2.75, 3.05) is 6.54 Å². The Hall–Kier alpha value is -2.28. The molecule has 0 unspecified atom stereocenters. The number of aromatic nitrogens is 2. The van der Waals surface area contributed by atoms with Gasteiger partial charge in [0.2, 0.25) is 5.82 Å².